The summed E-state index contributed by atoms with van der Waals surface area (Å²) in [6.07, 6.45) is 3.63. The second-order valence-electron chi connectivity index (χ2n) is 4.71. The Bertz CT molecular complexity index is 362. The maximum atomic E-state index is 6.07. The number of allylic oxidation sites excluding steroid dienone is 1. The fourth-order valence-electron chi connectivity index (χ4n) is 1.72. The summed E-state index contributed by atoms with van der Waals surface area (Å²) in [5, 5.41) is 0. The molecule has 0 saturated heterocycles. The molecule has 0 aliphatic carbocycles. The highest BCUT2D eigenvalue weighted by atomic mass is 14.6. The molecule has 17 heavy (non-hydrogen) atoms. The van der Waals surface area contributed by atoms with E-state index in [1.165, 1.54) is 5.56 Å². The molecular formula is C14H23N3. The lowest BCUT2D eigenvalue weighted by Gasteiger charge is -2.11. The summed E-state index contributed by atoms with van der Waals surface area (Å²) in [4.78, 5) is 0. The summed E-state index contributed by atoms with van der Waals surface area (Å²) >= 11 is 0. The Hall–Kier alpha value is -1.32. The Labute approximate surface area is 104 Å². The first-order valence-electron chi connectivity index (χ1n) is 6.01. The van der Waals surface area contributed by atoms with Gasteiger partial charge >= 0.3 is 0 Å². The molecule has 0 radical (unpaired) electrons. The zero-order chi connectivity index (χ0) is 12.8. The summed E-state index contributed by atoms with van der Waals surface area (Å²) in [6.45, 7) is 3.88. The molecule has 0 aliphatic rings. The van der Waals surface area contributed by atoms with Gasteiger partial charge in [-0.25, -0.2) is 0 Å². The van der Waals surface area contributed by atoms with Crippen molar-refractivity contribution in [2.24, 2.45) is 17.2 Å². The molecular weight excluding hydrogens is 210 g/mol. The fourth-order valence-corrected chi connectivity index (χ4v) is 1.72. The van der Waals surface area contributed by atoms with Crippen molar-refractivity contribution in [1.29, 1.82) is 0 Å². The van der Waals surface area contributed by atoms with Gasteiger partial charge in [-0.3, -0.25) is 0 Å². The van der Waals surface area contributed by atoms with Crippen molar-refractivity contribution in [3.63, 3.8) is 0 Å². The molecule has 2 unspecified atom stereocenters. The first-order chi connectivity index (χ1) is 7.99. The number of hydrogen-bond acceptors (Lipinski definition) is 3. The predicted molar refractivity (Wildman–Crippen MR) is 73.3 cm³/mol. The minimum atomic E-state index is 0.0119. The van der Waals surface area contributed by atoms with Gasteiger partial charge in [0.15, 0.2) is 0 Å². The summed E-state index contributed by atoms with van der Waals surface area (Å²) in [7, 11) is 0. The molecule has 0 bridgehead atoms. The number of benzene rings is 1. The third-order valence-corrected chi connectivity index (χ3v) is 2.66. The monoisotopic (exact) mass is 233 g/mol. The second kappa shape index (κ2) is 6.42. The van der Waals surface area contributed by atoms with Gasteiger partial charge in [0.2, 0.25) is 0 Å². The van der Waals surface area contributed by atoms with E-state index in [1.54, 1.807) is 0 Å². The lowest BCUT2D eigenvalue weighted by atomic mass is 10.0. The van der Waals surface area contributed by atoms with Crippen molar-refractivity contribution in [2.75, 3.05) is 0 Å². The van der Waals surface area contributed by atoms with Gasteiger partial charge in [0.25, 0.3) is 0 Å². The van der Waals surface area contributed by atoms with Gasteiger partial charge in [-0.05, 0) is 37.8 Å². The summed E-state index contributed by atoms with van der Waals surface area (Å²) in [5.41, 5.74) is 20.6. The van der Waals surface area contributed by atoms with Gasteiger partial charge in [-0.15, -0.1) is 0 Å². The topological polar surface area (TPSA) is 78.1 Å². The average molecular weight is 233 g/mol. The Morgan fingerprint density at radius 1 is 1.24 bits per heavy atom. The highest BCUT2D eigenvalue weighted by Gasteiger charge is 2.04. The van der Waals surface area contributed by atoms with Crippen LogP contribution in [0.2, 0.25) is 0 Å². The molecule has 0 aliphatic heterocycles. The van der Waals surface area contributed by atoms with E-state index in [9.17, 15) is 0 Å². The third-order valence-electron chi connectivity index (χ3n) is 2.66. The van der Waals surface area contributed by atoms with E-state index in [0.29, 0.717) is 0 Å². The lowest BCUT2D eigenvalue weighted by Crippen LogP contribution is -2.17. The Kier molecular flexibility index (Phi) is 5.19. The van der Waals surface area contributed by atoms with E-state index in [0.717, 1.165) is 24.1 Å². The van der Waals surface area contributed by atoms with Gasteiger partial charge in [-0.1, -0.05) is 30.3 Å². The van der Waals surface area contributed by atoms with E-state index in [2.05, 4.69) is 24.3 Å². The smallest absolute Gasteiger partial charge is 0.0330 e. The highest BCUT2D eigenvalue weighted by Crippen LogP contribution is 2.16. The molecule has 1 rings (SSSR count). The Morgan fingerprint density at radius 2 is 1.82 bits per heavy atom. The van der Waals surface area contributed by atoms with E-state index in [4.69, 9.17) is 17.2 Å². The molecule has 0 heterocycles. The van der Waals surface area contributed by atoms with Crippen molar-refractivity contribution in [3.8, 4) is 0 Å². The Morgan fingerprint density at radius 3 is 2.29 bits per heavy atom. The van der Waals surface area contributed by atoms with E-state index in [1.807, 2.05) is 19.9 Å². The van der Waals surface area contributed by atoms with Gasteiger partial charge < -0.3 is 17.2 Å². The van der Waals surface area contributed by atoms with Gasteiger partial charge in [-0.2, -0.15) is 0 Å². The van der Waals surface area contributed by atoms with E-state index >= 15 is 0 Å². The molecule has 3 nitrogen and oxygen atoms in total. The first-order valence-corrected chi connectivity index (χ1v) is 6.01. The predicted octanol–water partition coefficient (Wildman–Crippen LogP) is 1.83. The van der Waals surface area contributed by atoms with E-state index in [-0.39, 0.29) is 12.1 Å². The van der Waals surface area contributed by atoms with Crippen molar-refractivity contribution in [2.45, 2.75) is 38.8 Å². The molecule has 1 aromatic rings. The first kappa shape index (κ1) is 13.7. The van der Waals surface area contributed by atoms with Crippen LogP contribution in [-0.4, -0.2) is 6.04 Å². The van der Waals surface area contributed by atoms with Gasteiger partial charge in [0.1, 0.15) is 0 Å². The fraction of sp³-hybridized carbons (Fsp3) is 0.429. The van der Waals surface area contributed by atoms with Crippen molar-refractivity contribution >= 4 is 0 Å². The molecule has 0 spiro atoms. The molecule has 1 aromatic carbocycles. The molecule has 0 fully saturated rings. The number of hydrogen-bond donors (Lipinski definition) is 3. The second-order valence-corrected chi connectivity index (χ2v) is 4.71. The zero-order valence-electron chi connectivity index (χ0n) is 10.7. The lowest BCUT2D eigenvalue weighted by molar-refractivity contribution is 0.726. The Balaban J connectivity index is 2.63. The molecule has 3 heteroatoms. The van der Waals surface area contributed by atoms with Gasteiger partial charge in [0.05, 0.1) is 0 Å². The maximum absolute atomic E-state index is 6.07. The normalized spacial score (nSPS) is 15.6. The SMILES string of the molecule is C/C(N)=C\CC(N)c1ccc(CC(C)N)cc1. The van der Waals surface area contributed by atoms with Crippen LogP contribution in [0, 0.1) is 0 Å². The molecule has 94 valence electrons. The largest absolute Gasteiger partial charge is 0.403 e. The molecule has 2 atom stereocenters. The highest BCUT2D eigenvalue weighted by molar-refractivity contribution is 5.26. The van der Waals surface area contributed by atoms with E-state index < -0.39 is 0 Å². The van der Waals surface area contributed by atoms with Crippen LogP contribution in [0.4, 0.5) is 0 Å². The molecule has 0 aromatic heterocycles. The van der Waals surface area contributed by atoms with Crippen LogP contribution in [0.25, 0.3) is 0 Å². The standard InChI is InChI=1S/C14H23N3/c1-10(15)3-8-14(17)13-6-4-12(5-7-13)9-11(2)16/h3-7,11,14H,8-9,15-17H2,1-2H3/b10-3+. The number of rotatable bonds is 5. The summed E-state index contributed by atoms with van der Waals surface area (Å²) < 4.78 is 0. The van der Waals surface area contributed by atoms with Crippen LogP contribution >= 0.6 is 0 Å². The quantitative estimate of drug-likeness (QED) is 0.726. The van der Waals surface area contributed by atoms with Gasteiger partial charge in [0, 0.05) is 17.8 Å². The van der Waals surface area contributed by atoms with Crippen LogP contribution in [0.5, 0.6) is 0 Å². The minimum absolute atomic E-state index is 0.0119. The summed E-state index contributed by atoms with van der Waals surface area (Å²) in [5.74, 6) is 0. The van der Waals surface area contributed by atoms with Crippen LogP contribution in [0.1, 0.15) is 37.4 Å². The van der Waals surface area contributed by atoms with Crippen molar-refractivity contribution in [3.05, 3.63) is 47.2 Å². The van der Waals surface area contributed by atoms with Crippen LogP contribution in [0.15, 0.2) is 36.0 Å². The zero-order valence-corrected chi connectivity index (χ0v) is 10.7. The average Bonchev–Trinajstić information content (AvgIpc) is 2.26. The van der Waals surface area contributed by atoms with Crippen LogP contribution in [0.3, 0.4) is 0 Å². The third kappa shape index (κ3) is 5.02. The molecule has 0 amide bonds. The molecule has 6 N–H and O–H groups in total. The maximum Gasteiger partial charge on any atom is 0.0330 e. The van der Waals surface area contributed by atoms with Crippen molar-refractivity contribution < 1.29 is 0 Å². The minimum Gasteiger partial charge on any atom is -0.403 e. The van der Waals surface area contributed by atoms with Crippen LogP contribution < -0.4 is 17.2 Å². The molecule has 0 saturated carbocycles. The summed E-state index contributed by atoms with van der Waals surface area (Å²) in [6, 6.07) is 8.54. The van der Waals surface area contributed by atoms with Crippen LogP contribution in [-0.2, 0) is 6.42 Å². The number of nitrogens with two attached hydrogens (primary N) is 3. The van der Waals surface area contributed by atoms with Crippen molar-refractivity contribution in [1.82, 2.24) is 0 Å².